The summed E-state index contributed by atoms with van der Waals surface area (Å²) in [5, 5.41) is 4.68. The Morgan fingerprint density at radius 3 is 2.61 bits per heavy atom. The molecule has 2 aromatic carbocycles. The van der Waals surface area contributed by atoms with Crippen molar-refractivity contribution < 1.29 is 22.4 Å². The molecule has 0 aliphatic carbocycles. The van der Waals surface area contributed by atoms with Gasteiger partial charge in [-0.1, -0.05) is 16.8 Å². The summed E-state index contributed by atoms with van der Waals surface area (Å²) >= 11 is 5.93. The van der Waals surface area contributed by atoms with Gasteiger partial charge < -0.3 is 14.0 Å². The lowest BCUT2D eigenvalue weighted by atomic mass is 10.00. The Morgan fingerprint density at radius 1 is 1.03 bits per heavy atom. The minimum Gasteiger partial charge on any atom is -0.486 e. The molecule has 0 amide bonds. The van der Waals surface area contributed by atoms with Gasteiger partial charge in [0.05, 0.1) is 10.8 Å². The van der Waals surface area contributed by atoms with Crippen LogP contribution in [0.1, 0.15) is 24.7 Å². The number of halogens is 1. The molecule has 1 aromatic heterocycles. The highest BCUT2D eigenvalue weighted by molar-refractivity contribution is 7.89. The number of sulfonamides is 1. The van der Waals surface area contributed by atoms with E-state index in [2.05, 4.69) is 10.1 Å². The number of nitrogens with zero attached hydrogens (tertiary/aromatic N) is 3. The van der Waals surface area contributed by atoms with Crippen LogP contribution >= 0.6 is 11.6 Å². The third-order valence-electron chi connectivity index (χ3n) is 5.43. The van der Waals surface area contributed by atoms with E-state index in [1.165, 1.54) is 10.4 Å². The SMILES string of the molecule is O=S(=O)(c1ccc2c(c1)OCCO2)N1CCCC(c2nc(-c3ccc(Cl)cc3)no2)C1. The maximum Gasteiger partial charge on any atom is 0.243 e. The average Bonchev–Trinajstić information content (AvgIpc) is 3.30. The largest absolute Gasteiger partial charge is 0.486 e. The monoisotopic (exact) mass is 461 g/mol. The maximum atomic E-state index is 13.3. The second-order valence-corrected chi connectivity index (χ2v) is 9.85. The van der Waals surface area contributed by atoms with Crippen molar-refractivity contribution in [3.8, 4) is 22.9 Å². The predicted octanol–water partition coefficient (Wildman–Crippen LogP) is 3.73. The Balaban J connectivity index is 1.36. The molecule has 2 aliphatic rings. The van der Waals surface area contributed by atoms with Crippen molar-refractivity contribution in [3.05, 3.63) is 53.4 Å². The summed E-state index contributed by atoms with van der Waals surface area (Å²) < 4.78 is 44.5. The van der Waals surface area contributed by atoms with Gasteiger partial charge in [0.15, 0.2) is 11.5 Å². The summed E-state index contributed by atoms with van der Waals surface area (Å²) in [5.74, 6) is 1.73. The highest BCUT2D eigenvalue weighted by Gasteiger charge is 2.34. The normalized spacial score (nSPS) is 19.3. The molecule has 3 heterocycles. The molecular weight excluding hydrogens is 442 g/mol. The van der Waals surface area contributed by atoms with E-state index in [1.54, 1.807) is 24.3 Å². The first-order valence-corrected chi connectivity index (χ1v) is 11.8. The number of fused-ring (bicyclic) bond motifs is 1. The summed E-state index contributed by atoms with van der Waals surface area (Å²) in [4.78, 5) is 4.69. The van der Waals surface area contributed by atoms with Gasteiger partial charge in [-0.15, -0.1) is 0 Å². The third-order valence-corrected chi connectivity index (χ3v) is 7.54. The van der Waals surface area contributed by atoms with Crippen molar-refractivity contribution in [2.75, 3.05) is 26.3 Å². The number of piperidine rings is 1. The van der Waals surface area contributed by atoms with Crippen LogP contribution < -0.4 is 9.47 Å². The summed E-state index contributed by atoms with van der Waals surface area (Å²) in [7, 11) is -3.69. The molecule has 1 fully saturated rings. The zero-order valence-corrected chi connectivity index (χ0v) is 18.1. The van der Waals surface area contributed by atoms with E-state index in [4.69, 9.17) is 25.6 Å². The quantitative estimate of drug-likeness (QED) is 0.584. The number of aromatic nitrogens is 2. The molecule has 0 spiro atoms. The van der Waals surface area contributed by atoms with Crippen LogP contribution in [0.5, 0.6) is 11.5 Å². The second-order valence-electron chi connectivity index (χ2n) is 7.47. The first-order chi connectivity index (χ1) is 15.0. The molecule has 3 aromatic rings. The first-order valence-electron chi connectivity index (χ1n) is 10.00. The molecule has 0 N–H and O–H groups in total. The van der Waals surface area contributed by atoms with Gasteiger partial charge in [-0.2, -0.15) is 9.29 Å². The maximum absolute atomic E-state index is 13.3. The van der Waals surface area contributed by atoms with Gasteiger partial charge in [-0.05, 0) is 49.2 Å². The van der Waals surface area contributed by atoms with E-state index >= 15 is 0 Å². The van der Waals surface area contributed by atoms with Gasteiger partial charge in [0.25, 0.3) is 0 Å². The van der Waals surface area contributed by atoms with Gasteiger partial charge in [-0.25, -0.2) is 8.42 Å². The highest BCUT2D eigenvalue weighted by atomic mass is 35.5. The van der Waals surface area contributed by atoms with Crippen LogP contribution in [0.4, 0.5) is 0 Å². The molecule has 5 rings (SSSR count). The van der Waals surface area contributed by atoms with Gasteiger partial charge in [0.1, 0.15) is 13.2 Å². The third kappa shape index (κ3) is 4.00. The number of hydrogen-bond donors (Lipinski definition) is 0. The fourth-order valence-corrected chi connectivity index (χ4v) is 5.48. The molecule has 0 saturated carbocycles. The van der Waals surface area contributed by atoms with Crippen molar-refractivity contribution in [2.45, 2.75) is 23.7 Å². The van der Waals surface area contributed by atoms with Crippen molar-refractivity contribution in [1.82, 2.24) is 14.4 Å². The van der Waals surface area contributed by atoms with E-state index < -0.39 is 10.0 Å². The Labute approximate surface area is 184 Å². The molecule has 162 valence electrons. The fourth-order valence-electron chi connectivity index (χ4n) is 3.81. The van der Waals surface area contributed by atoms with E-state index in [9.17, 15) is 8.42 Å². The van der Waals surface area contributed by atoms with Gasteiger partial charge in [-0.3, -0.25) is 0 Å². The molecule has 1 unspecified atom stereocenters. The summed E-state index contributed by atoms with van der Waals surface area (Å²) in [6, 6.07) is 11.9. The molecule has 1 atom stereocenters. The van der Waals surface area contributed by atoms with Gasteiger partial charge >= 0.3 is 0 Å². The first kappa shape index (κ1) is 20.3. The molecule has 10 heteroatoms. The second kappa shape index (κ2) is 8.14. The standard InChI is InChI=1S/C21H20ClN3O5S/c22-16-5-3-14(4-6-16)20-23-21(30-24-20)15-2-1-9-25(13-15)31(26,27)17-7-8-18-19(12-17)29-11-10-28-18/h3-8,12,15H,1-2,9-11,13H2. The van der Waals surface area contributed by atoms with Crippen LogP contribution in [-0.4, -0.2) is 49.2 Å². The number of hydrogen-bond acceptors (Lipinski definition) is 7. The van der Waals surface area contributed by atoms with E-state index in [0.29, 0.717) is 54.4 Å². The Kier molecular flexibility index (Phi) is 5.33. The Bertz CT molecular complexity index is 1200. The van der Waals surface area contributed by atoms with E-state index in [1.807, 2.05) is 12.1 Å². The smallest absolute Gasteiger partial charge is 0.243 e. The topological polar surface area (TPSA) is 94.8 Å². The molecular formula is C21H20ClN3O5S. The lowest BCUT2D eigenvalue weighted by Gasteiger charge is -2.30. The fraction of sp³-hybridized carbons (Fsp3) is 0.333. The molecule has 0 bridgehead atoms. The predicted molar refractivity (Wildman–Crippen MR) is 113 cm³/mol. The highest BCUT2D eigenvalue weighted by Crippen LogP contribution is 2.35. The Hall–Kier alpha value is -2.62. The number of ether oxygens (including phenoxy) is 2. The minimum absolute atomic E-state index is 0.172. The summed E-state index contributed by atoms with van der Waals surface area (Å²) in [6.45, 7) is 1.56. The van der Waals surface area contributed by atoms with Crippen molar-refractivity contribution in [1.29, 1.82) is 0 Å². The van der Waals surface area contributed by atoms with Crippen LogP contribution in [0, 0.1) is 0 Å². The lowest BCUT2D eigenvalue weighted by molar-refractivity contribution is 0.171. The van der Waals surface area contributed by atoms with Crippen LogP contribution in [0.15, 0.2) is 51.9 Å². The Morgan fingerprint density at radius 2 is 1.81 bits per heavy atom. The summed E-state index contributed by atoms with van der Waals surface area (Å²) in [5.41, 5.74) is 0.788. The average molecular weight is 462 g/mol. The van der Waals surface area contributed by atoms with Crippen LogP contribution in [0.2, 0.25) is 5.02 Å². The summed E-state index contributed by atoms with van der Waals surface area (Å²) in [6.07, 6.45) is 1.47. The molecule has 8 nitrogen and oxygen atoms in total. The van der Waals surface area contributed by atoms with Crippen LogP contribution in [-0.2, 0) is 10.0 Å². The number of rotatable bonds is 4. The van der Waals surface area contributed by atoms with E-state index in [0.717, 1.165) is 12.0 Å². The molecule has 31 heavy (non-hydrogen) atoms. The van der Waals surface area contributed by atoms with Gasteiger partial charge in [0, 0.05) is 29.7 Å². The van der Waals surface area contributed by atoms with Crippen LogP contribution in [0.3, 0.4) is 0 Å². The zero-order chi connectivity index (χ0) is 21.4. The van der Waals surface area contributed by atoms with Crippen molar-refractivity contribution >= 4 is 21.6 Å². The molecule has 2 aliphatic heterocycles. The molecule has 1 saturated heterocycles. The van der Waals surface area contributed by atoms with Crippen molar-refractivity contribution in [3.63, 3.8) is 0 Å². The van der Waals surface area contributed by atoms with Gasteiger partial charge in [0.2, 0.25) is 21.7 Å². The van der Waals surface area contributed by atoms with E-state index in [-0.39, 0.29) is 17.4 Å². The van der Waals surface area contributed by atoms with Crippen molar-refractivity contribution in [2.24, 2.45) is 0 Å². The zero-order valence-electron chi connectivity index (χ0n) is 16.5. The molecule has 0 radical (unpaired) electrons. The van der Waals surface area contributed by atoms with Crippen LogP contribution in [0.25, 0.3) is 11.4 Å². The number of benzene rings is 2. The minimum atomic E-state index is -3.69. The lowest BCUT2D eigenvalue weighted by Crippen LogP contribution is -2.39.